The Morgan fingerprint density at radius 3 is 2.00 bits per heavy atom. The summed E-state index contributed by atoms with van der Waals surface area (Å²) < 4.78 is 0. The van der Waals surface area contributed by atoms with Crippen molar-refractivity contribution in [1.82, 2.24) is 0 Å². The fraction of sp³-hybridized carbons (Fsp3) is 0.500. The molecule has 0 aliphatic heterocycles. The van der Waals surface area contributed by atoms with Crippen LogP contribution >= 0.6 is 0 Å². The smallest absolute Gasteiger partial charge is 0.547 e. The first kappa shape index (κ1) is 13.1. The Kier molecular flexibility index (Phi) is 8.23. The monoisotopic (exact) mass is 172 g/mol. The molecule has 6 heteroatoms. The summed E-state index contributed by atoms with van der Waals surface area (Å²) in [6.07, 6.45) is -2.72. The minimum Gasteiger partial charge on any atom is -0.547 e. The molecule has 0 unspecified atom stereocenters. The maximum Gasteiger partial charge on any atom is 1.00 e. The normalized spacial score (nSPS) is 11.3. The Morgan fingerprint density at radius 2 is 1.90 bits per heavy atom. The van der Waals surface area contributed by atoms with E-state index in [0.717, 1.165) is 0 Å². The molecular weight excluding hydrogens is 167 g/mol. The van der Waals surface area contributed by atoms with Crippen molar-refractivity contribution in [2.75, 3.05) is 0 Å². The first-order valence-corrected chi connectivity index (χ1v) is 2.14. The molecule has 0 aromatic rings. The van der Waals surface area contributed by atoms with Crippen LogP contribution in [0, 0.1) is 0 Å². The van der Waals surface area contributed by atoms with Crippen LogP contribution in [0.2, 0.25) is 0 Å². The van der Waals surface area contributed by atoms with Gasteiger partial charge in [0.1, 0.15) is 6.10 Å². The van der Waals surface area contributed by atoms with E-state index >= 15 is 0 Å². The number of aliphatic carboxylic acids is 2. The molecule has 0 aromatic heterocycles. The summed E-state index contributed by atoms with van der Waals surface area (Å²) in [5.41, 5.74) is 0. The predicted octanol–water partition coefficient (Wildman–Crippen LogP) is -5.42. The van der Waals surface area contributed by atoms with Gasteiger partial charge in [-0.3, -0.25) is 4.79 Å². The second-order valence-electron chi connectivity index (χ2n) is 1.43. The summed E-state index contributed by atoms with van der Waals surface area (Å²) in [6, 6.07) is 0. The van der Waals surface area contributed by atoms with Crippen molar-refractivity contribution in [1.29, 1.82) is 0 Å². The number of carboxylic acid groups (broad SMARTS) is 2. The molecule has 0 rings (SSSR count). The van der Waals surface area contributed by atoms with Crippen molar-refractivity contribution in [3.63, 3.8) is 0 Å². The Hall–Kier alpha value is 0.536. The zero-order valence-corrected chi connectivity index (χ0v) is 8.53. The predicted molar refractivity (Wildman–Crippen MR) is 23.3 cm³/mol. The maximum absolute atomic E-state index is 9.66. The summed E-state index contributed by atoms with van der Waals surface area (Å²) in [5.74, 6) is -3.14. The van der Waals surface area contributed by atoms with Crippen LogP contribution in [0.25, 0.3) is 0 Å². The van der Waals surface area contributed by atoms with E-state index in [1.54, 1.807) is 0 Å². The largest absolute Gasteiger partial charge is 1.00 e. The van der Waals surface area contributed by atoms with Gasteiger partial charge in [-0.05, 0) is 0 Å². The van der Waals surface area contributed by atoms with Crippen LogP contribution in [0.15, 0.2) is 0 Å². The fourth-order valence-corrected chi connectivity index (χ4v) is 0.249. The third-order valence-corrected chi connectivity index (χ3v) is 0.640. The molecule has 0 amide bonds. The molecule has 0 aromatic carbocycles. The molecule has 0 heterocycles. The number of carbonyl (C=O) groups excluding carboxylic acids is 1. The van der Waals surface area contributed by atoms with Gasteiger partial charge in [-0.25, -0.2) is 0 Å². The van der Waals surface area contributed by atoms with E-state index in [9.17, 15) is 14.7 Å². The van der Waals surface area contributed by atoms with Crippen LogP contribution in [0.4, 0.5) is 0 Å². The molecular formula is C4H5KO5. The molecule has 5 nitrogen and oxygen atoms in total. The van der Waals surface area contributed by atoms with Crippen LogP contribution in [0.1, 0.15) is 6.42 Å². The summed E-state index contributed by atoms with van der Waals surface area (Å²) in [7, 11) is 0. The minimum absolute atomic E-state index is 0. The number of carboxylic acids is 2. The van der Waals surface area contributed by atoms with Gasteiger partial charge in [-0.1, -0.05) is 0 Å². The van der Waals surface area contributed by atoms with Crippen LogP contribution < -0.4 is 56.5 Å². The number of hydrogen-bond donors (Lipinski definition) is 2. The molecule has 0 aliphatic carbocycles. The van der Waals surface area contributed by atoms with E-state index in [1.807, 2.05) is 0 Å². The van der Waals surface area contributed by atoms with E-state index in [2.05, 4.69) is 0 Å². The molecule has 1 atom stereocenters. The zero-order valence-electron chi connectivity index (χ0n) is 5.40. The second kappa shape index (κ2) is 6.26. The van der Waals surface area contributed by atoms with Crippen molar-refractivity contribution >= 4 is 11.9 Å². The van der Waals surface area contributed by atoms with Crippen LogP contribution in [0.3, 0.4) is 0 Å². The van der Waals surface area contributed by atoms with E-state index in [4.69, 9.17) is 10.2 Å². The standard InChI is InChI=1S/C4H6O5.K/c5-2(4(8)9)1-3(6)7;/h2,5H,1H2,(H,6,7)(H,8,9);/q;+1/p-1/t2-;/m0./s1. The molecule has 0 bridgehead atoms. The quantitative estimate of drug-likeness (QED) is 0.414. The van der Waals surface area contributed by atoms with Crippen molar-refractivity contribution < 1.29 is 76.3 Å². The molecule has 52 valence electrons. The fourth-order valence-electron chi connectivity index (χ4n) is 0.249. The van der Waals surface area contributed by atoms with Gasteiger partial charge in [0.15, 0.2) is 0 Å². The number of rotatable bonds is 3. The summed E-state index contributed by atoms with van der Waals surface area (Å²) in [6.45, 7) is 0. The van der Waals surface area contributed by atoms with Crippen LogP contribution in [-0.2, 0) is 9.59 Å². The molecule has 0 radical (unpaired) electrons. The first-order chi connectivity index (χ1) is 4.04. The number of hydrogen-bond acceptors (Lipinski definition) is 4. The molecule has 0 fully saturated rings. The van der Waals surface area contributed by atoms with E-state index in [1.165, 1.54) is 0 Å². The number of carbonyl (C=O) groups is 2. The molecule has 0 spiro atoms. The number of aliphatic hydroxyl groups is 1. The van der Waals surface area contributed by atoms with Crippen molar-refractivity contribution in [3.05, 3.63) is 0 Å². The molecule has 0 saturated carbocycles. The Morgan fingerprint density at radius 1 is 1.50 bits per heavy atom. The van der Waals surface area contributed by atoms with Gasteiger partial charge in [-0.15, -0.1) is 0 Å². The van der Waals surface area contributed by atoms with Gasteiger partial charge in [0.2, 0.25) is 0 Å². The van der Waals surface area contributed by atoms with Crippen molar-refractivity contribution in [3.8, 4) is 0 Å². The minimum atomic E-state index is -1.90. The van der Waals surface area contributed by atoms with Gasteiger partial charge in [0.25, 0.3) is 0 Å². The molecule has 0 saturated heterocycles. The Labute approximate surface area is 99.5 Å². The third-order valence-electron chi connectivity index (χ3n) is 0.640. The van der Waals surface area contributed by atoms with Crippen LogP contribution in [-0.4, -0.2) is 28.3 Å². The second-order valence-corrected chi connectivity index (χ2v) is 1.43. The summed E-state index contributed by atoms with van der Waals surface area (Å²) >= 11 is 0. The Balaban J connectivity index is 0. The first-order valence-electron chi connectivity index (χ1n) is 2.14. The van der Waals surface area contributed by atoms with E-state index in [-0.39, 0.29) is 51.4 Å². The molecule has 2 N–H and O–H groups in total. The van der Waals surface area contributed by atoms with Gasteiger partial charge in [-0.2, -0.15) is 0 Å². The zero-order chi connectivity index (χ0) is 7.44. The average molecular weight is 172 g/mol. The molecule has 0 aliphatic rings. The number of aliphatic hydroxyl groups excluding tert-OH is 1. The topological polar surface area (TPSA) is 97.7 Å². The summed E-state index contributed by atoms with van der Waals surface area (Å²) in [4.78, 5) is 19.3. The average Bonchev–Trinajstić information content (AvgIpc) is 1.63. The van der Waals surface area contributed by atoms with Crippen LogP contribution in [0.5, 0.6) is 0 Å². The van der Waals surface area contributed by atoms with Gasteiger partial charge in [0.05, 0.1) is 12.4 Å². The van der Waals surface area contributed by atoms with Gasteiger partial charge < -0.3 is 20.1 Å². The van der Waals surface area contributed by atoms with Gasteiger partial charge in [0, 0.05) is 0 Å². The molecule has 10 heavy (non-hydrogen) atoms. The summed E-state index contributed by atoms with van der Waals surface area (Å²) in [5, 5.41) is 25.7. The van der Waals surface area contributed by atoms with Crippen molar-refractivity contribution in [2.45, 2.75) is 12.5 Å². The van der Waals surface area contributed by atoms with Crippen molar-refractivity contribution in [2.24, 2.45) is 0 Å². The Bertz CT molecular complexity index is 134. The van der Waals surface area contributed by atoms with E-state index < -0.39 is 24.5 Å². The maximum atomic E-state index is 9.66. The van der Waals surface area contributed by atoms with Gasteiger partial charge >= 0.3 is 57.4 Å². The SMILES string of the molecule is O=C(O)C[C@H](O)C(=O)[O-].[K+]. The third kappa shape index (κ3) is 6.65. The van der Waals surface area contributed by atoms with E-state index in [0.29, 0.717) is 0 Å².